The Morgan fingerprint density at radius 2 is 1.73 bits per heavy atom. The van der Waals surface area contributed by atoms with Crippen molar-refractivity contribution in [1.29, 1.82) is 0 Å². The minimum atomic E-state index is -0.787. The van der Waals surface area contributed by atoms with Gasteiger partial charge in [-0.1, -0.05) is 23.5 Å². The first-order valence-corrected chi connectivity index (χ1v) is 14.4. The average molecular weight is 630 g/mol. The molecule has 4 rings (SSSR count). The second-order valence-electron chi connectivity index (χ2n) is 8.66. The summed E-state index contributed by atoms with van der Waals surface area (Å²) < 4.78 is 24.6. The summed E-state index contributed by atoms with van der Waals surface area (Å²) in [5.41, 5.74) is 1.81. The molecule has 0 amide bonds. The van der Waals surface area contributed by atoms with E-state index in [4.69, 9.17) is 18.9 Å². The summed E-state index contributed by atoms with van der Waals surface area (Å²) in [4.78, 5) is 43.5. The summed E-state index contributed by atoms with van der Waals surface area (Å²) in [7, 11) is 0. The molecule has 40 heavy (non-hydrogen) atoms. The van der Waals surface area contributed by atoms with Gasteiger partial charge in [0.15, 0.2) is 16.3 Å². The maximum Gasteiger partial charge on any atom is 0.338 e. The third-order valence-corrected chi connectivity index (χ3v) is 7.51. The Morgan fingerprint density at radius 1 is 1.02 bits per heavy atom. The minimum absolute atomic E-state index is 0.179. The number of fused-ring (bicyclic) bond motifs is 1. The van der Waals surface area contributed by atoms with Crippen LogP contribution in [0.25, 0.3) is 6.08 Å². The highest BCUT2D eigenvalue weighted by Gasteiger charge is 2.34. The number of ether oxygens (including phenoxy) is 4. The van der Waals surface area contributed by atoms with Gasteiger partial charge in [-0.25, -0.2) is 9.79 Å². The molecular formula is C29H29BrN2O7S. The highest BCUT2D eigenvalue weighted by Crippen LogP contribution is 2.36. The number of aromatic nitrogens is 1. The molecule has 1 atom stereocenters. The van der Waals surface area contributed by atoms with Crippen molar-refractivity contribution >= 4 is 45.3 Å². The Bertz CT molecular complexity index is 1670. The summed E-state index contributed by atoms with van der Waals surface area (Å²) >= 11 is 4.63. The maximum absolute atomic E-state index is 13.9. The van der Waals surface area contributed by atoms with Crippen LogP contribution in [0.1, 0.15) is 51.8 Å². The molecule has 0 fully saturated rings. The molecule has 0 bridgehead atoms. The van der Waals surface area contributed by atoms with Gasteiger partial charge in [0.2, 0.25) is 0 Å². The van der Waals surface area contributed by atoms with Crippen molar-refractivity contribution < 1.29 is 28.5 Å². The maximum atomic E-state index is 13.9. The van der Waals surface area contributed by atoms with Crippen LogP contribution >= 0.6 is 27.3 Å². The molecule has 1 aliphatic heterocycles. The highest BCUT2D eigenvalue weighted by molar-refractivity contribution is 9.10. The molecule has 0 unspecified atom stereocenters. The van der Waals surface area contributed by atoms with Gasteiger partial charge in [-0.15, -0.1) is 0 Å². The highest BCUT2D eigenvalue weighted by atomic mass is 79.9. The van der Waals surface area contributed by atoms with Crippen LogP contribution in [-0.2, 0) is 14.3 Å². The van der Waals surface area contributed by atoms with Gasteiger partial charge in [-0.3, -0.25) is 14.2 Å². The first kappa shape index (κ1) is 29.3. The fourth-order valence-electron chi connectivity index (χ4n) is 4.34. The van der Waals surface area contributed by atoms with Crippen molar-refractivity contribution in [1.82, 2.24) is 4.57 Å². The summed E-state index contributed by atoms with van der Waals surface area (Å²) in [5.74, 6) is 0.485. The van der Waals surface area contributed by atoms with E-state index in [1.165, 1.54) is 22.8 Å². The molecule has 0 N–H and O–H groups in total. The minimum Gasteiger partial charge on any atom is -0.490 e. The van der Waals surface area contributed by atoms with E-state index in [-0.39, 0.29) is 17.7 Å². The van der Waals surface area contributed by atoms with Crippen LogP contribution in [0.5, 0.6) is 17.2 Å². The van der Waals surface area contributed by atoms with E-state index < -0.39 is 18.0 Å². The monoisotopic (exact) mass is 628 g/mol. The smallest absolute Gasteiger partial charge is 0.338 e. The standard InChI is InChI=1S/C29H29BrN2O7S/c1-6-36-22-12-10-19(15-23(22)37-7-2)26-25(28(35)38-8-3)16(4)31-29-32(26)27(34)24(40-29)14-18-9-11-21(20(30)13-18)39-17(5)33/h9-15,26H,6-8H2,1-5H3/b24-14-/t26-/m0/s1. The van der Waals surface area contributed by atoms with Crippen molar-refractivity contribution in [3.8, 4) is 17.2 Å². The number of nitrogens with zero attached hydrogens (tertiary/aromatic N) is 2. The molecule has 0 aliphatic carbocycles. The predicted molar refractivity (Wildman–Crippen MR) is 155 cm³/mol. The van der Waals surface area contributed by atoms with Crippen molar-refractivity contribution in [2.75, 3.05) is 19.8 Å². The van der Waals surface area contributed by atoms with E-state index in [0.717, 1.165) is 0 Å². The summed E-state index contributed by atoms with van der Waals surface area (Å²) in [6.45, 7) is 9.60. The van der Waals surface area contributed by atoms with E-state index in [2.05, 4.69) is 20.9 Å². The normalized spacial score (nSPS) is 14.8. The lowest BCUT2D eigenvalue weighted by atomic mass is 9.95. The zero-order valence-electron chi connectivity index (χ0n) is 22.8. The van der Waals surface area contributed by atoms with Gasteiger partial charge in [-0.2, -0.15) is 0 Å². The molecule has 3 aromatic rings. The van der Waals surface area contributed by atoms with E-state index >= 15 is 0 Å². The SMILES string of the molecule is CCOC(=O)C1=C(C)N=c2s/c(=C\c3ccc(OC(C)=O)c(Br)c3)c(=O)n2[C@H]1c1ccc(OCC)c(OCC)c1. The summed E-state index contributed by atoms with van der Waals surface area (Å²) in [6.07, 6.45) is 1.73. The predicted octanol–water partition coefficient (Wildman–Crippen LogP) is 4.28. The fourth-order valence-corrected chi connectivity index (χ4v) is 5.86. The van der Waals surface area contributed by atoms with Gasteiger partial charge >= 0.3 is 11.9 Å². The lowest BCUT2D eigenvalue weighted by Crippen LogP contribution is -2.40. The fraction of sp³-hybridized carbons (Fsp3) is 0.310. The van der Waals surface area contributed by atoms with Crippen LogP contribution in [0.3, 0.4) is 0 Å². The third kappa shape index (κ3) is 6.05. The molecule has 9 nitrogen and oxygen atoms in total. The van der Waals surface area contributed by atoms with Crippen LogP contribution < -0.4 is 29.1 Å². The van der Waals surface area contributed by atoms with Gasteiger partial charge in [0.25, 0.3) is 5.56 Å². The number of hydrogen-bond acceptors (Lipinski definition) is 9. The Labute approximate surface area is 243 Å². The van der Waals surface area contributed by atoms with E-state index in [0.29, 0.717) is 61.1 Å². The summed E-state index contributed by atoms with van der Waals surface area (Å²) in [5, 5.41) is 0. The number of benzene rings is 2. The van der Waals surface area contributed by atoms with Gasteiger partial charge in [0.1, 0.15) is 5.75 Å². The molecule has 1 aliphatic rings. The number of rotatable bonds is 9. The van der Waals surface area contributed by atoms with Gasteiger partial charge < -0.3 is 18.9 Å². The summed E-state index contributed by atoms with van der Waals surface area (Å²) in [6, 6.07) is 9.75. The van der Waals surface area contributed by atoms with Crippen molar-refractivity contribution in [3.05, 3.63) is 83.0 Å². The van der Waals surface area contributed by atoms with Crippen LogP contribution in [0, 0.1) is 0 Å². The molecule has 11 heteroatoms. The molecule has 2 heterocycles. The van der Waals surface area contributed by atoms with Crippen molar-refractivity contribution in [3.63, 3.8) is 0 Å². The lowest BCUT2D eigenvalue weighted by Gasteiger charge is -2.25. The molecule has 1 aromatic heterocycles. The third-order valence-electron chi connectivity index (χ3n) is 5.91. The van der Waals surface area contributed by atoms with Gasteiger partial charge in [-0.05, 0) is 85.1 Å². The molecule has 0 radical (unpaired) electrons. The van der Waals surface area contributed by atoms with Crippen LogP contribution in [0.4, 0.5) is 0 Å². The van der Waals surface area contributed by atoms with Gasteiger partial charge in [0, 0.05) is 6.92 Å². The largest absolute Gasteiger partial charge is 0.490 e. The first-order valence-electron chi connectivity index (χ1n) is 12.8. The van der Waals surface area contributed by atoms with Crippen molar-refractivity contribution in [2.45, 2.75) is 40.7 Å². The molecule has 0 saturated carbocycles. The van der Waals surface area contributed by atoms with Crippen molar-refractivity contribution in [2.24, 2.45) is 4.99 Å². The number of allylic oxidation sites excluding steroid dienone is 1. The van der Waals surface area contributed by atoms with E-state index in [1.54, 1.807) is 50.3 Å². The lowest BCUT2D eigenvalue weighted by molar-refractivity contribution is -0.139. The second-order valence-corrected chi connectivity index (χ2v) is 10.5. The quantitative estimate of drug-likeness (QED) is 0.257. The number of carbonyl (C=O) groups excluding carboxylic acids is 2. The number of halogens is 1. The topological polar surface area (TPSA) is 105 Å². The Morgan fingerprint density at radius 3 is 2.38 bits per heavy atom. The molecule has 0 spiro atoms. The van der Waals surface area contributed by atoms with Gasteiger partial charge in [0.05, 0.1) is 46.1 Å². The van der Waals surface area contributed by atoms with Crippen LogP contribution in [0.15, 0.2) is 61.9 Å². The average Bonchev–Trinajstić information content (AvgIpc) is 3.20. The zero-order valence-corrected chi connectivity index (χ0v) is 25.2. The molecule has 2 aromatic carbocycles. The Kier molecular flexibility index (Phi) is 9.26. The molecule has 210 valence electrons. The molecule has 0 saturated heterocycles. The van der Waals surface area contributed by atoms with E-state index in [1.807, 2.05) is 19.9 Å². The van der Waals surface area contributed by atoms with Crippen LogP contribution in [-0.4, -0.2) is 36.3 Å². The first-order chi connectivity index (χ1) is 19.2. The number of thiazole rings is 1. The van der Waals surface area contributed by atoms with Crippen LogP contribution in [0.2, 0.25) is 0 Å². The van der Waals surface area contributed by atoms with E-state index in [9.17, 15) is 14.4 Å². The second kappa shape index (κ2) is 12.6. The Hall–Kier alpha value is -3.70. The number of esters is 2. The number of carbonyl (C=O) groups is 2. The Balaban J connectivity index is 1.90. The number of hydrogen-bond donors (Lipinski definition) is 0. The molecular weight excluding hydrogens is 600 g/mol. The zero-order chi connectivity index (χ0) is 29.0.